The minimum Gasteiger partial charge on any atom is -0.391 e. The van der Waals surface area contributed by atoms with Gasteiger partial charge in [-0.15, -0.1) is 11.8 Å². The van der Waals surface area contributed by atoms with Crippen LogP contribution in [-0.4, -0.2) is 28.4 Å². The third-order valence-corrected chi connectivity index (χ3v) is 3.75. The van der Waals surface area contributed by atoms with E-state index in [0.717, 1.165) is 11.8 Å². The predicted molar refractivity (Wildman–Crippen MR) is 71.0 cm³/mol. The highest BCUT2D eigenvalue weighted by Crippen LogP contribution is 2.21. The minimum absolute atomic E-state index is 0.122. The monoisotopic (exact) mass is 271 g/mol. The maximum atomic E-state index is 13.3. The van der Waals surface area contributed by atoms with Crippen LogP contribution < -0.4 is 5.32 Å². The van der Waals surface area contributed by atoms with Crippen LogP contribution >= 0.6 is 11.8 Å². The highest BCUT2D eigenvalue weighted by atomic mass is 32.2. The topological polar surface area (TPSA) is 49.3 Å². The Morgan fingerprint density at radius 3 is 2.67 bits per heavy atom. The Morgan fingerprint density at radius 2 is 2.11 bits per heavy atom. The van der Waals surface area contributed by atoms with Crippen LogP contribution in [0, 0.1) is 5.82 Å². The highest BCUT2D eigenvalue weighted by Gasteiger charge is 2.25. The fraction of sp³-hybridized carbons (Fsp3) is 0.462. The molecule has 0 spiro atoms. The smallest absolute Gasteiger partial charge is 0.230 e. The van der Waals surface area contributed by atoms with Crippen LogP contribution in [-0.2, 0) is 4.79 Å². The van der Waals surface area contributed by atoms with Crippen molar-refractivity contribution >= 4 is 17.7 Å². The van der Waals surface area contributed by atoms with Gasteiger partial charge in [-0.1, -0.05) is 12.1 Å². The molecule has 1 unspecified atom stereocenters. The number of nitrogens with one attached hydrogen (secondary N) is 1. The first kappa shape index (κ1) is 15.0. The number of aliphatic hydroxyl groups is 1. The number of carbonyl (C=O) groups excluding carboxylic acids is 1. The van der Waals surface area contributed by atoms with Crippen molar-refractivity contribution in [1.82, 2.24) is 5.32 Å². The first-order valence-corrected chi connectivity index (χ1v) is 6.68. The number of rotatable bonds is 5. The van der Waals surface area contributed by atoms with E-state index in [9.17, 15) is 14.3 Å². The van der Waals surface area contributed by atoms with Crippen molar-refractivity contribution in [3.8, 4) is 0 Å². The van der Waals surface area contributed by atoms with E-state index in [4.69, 9.17) is 0 Å². The zero-order valence-electron chi connectivity index (χ0n) is 10.7. The first-order chi connectivity index (χ1) is 8.33. The molecule has 1 aromatic carbocycles. The van der Waals surface area contributed by atoms with Gasteiger partial charge in [-0.25, -0.2) is 4.39 Å². The van der Waals surface area contributed by atoms with Crippen LogP contribution in [0.25, 0.3) is 0 Å². The van der Waals surface area contributed by atoms with Crippen molar-refractivity contribution in [1.29, 1.82) is 0 Å². The molecule has 0 fully saturated rings. The van der Waals surface area contributed by atoms with Gasteiger partial charge < -0.3 is 10.4 Å². The Morgan fingerprint density at radius 1 is 1.50 bits per heavy atom. The molecule has 0 saturated heterocycles. The molecule has 0 radical (unpaired) electrons. The van der Waals surface area contributed by atoms with E-state index in [1.54, 1.807) is 39.0 Å². The van der Waals surface area contributed by atoms with Crippen molar-refractivity contribution in [2.45, 2.75) is 37.3 Å². The van der Waals surface area contributed by atoms with Gasteiger partial charge in [-0.2, -0.15) is 0 Å². The molecule has 0 aliphatic rings. The lowest BCUT2D eigenvalue weighted by atomic mass is 9.99. The zero-order valence-corrected chi connectivity index (χ0v) is 11.6. The standard InChI is InChI=1S/C13H18FNO2S/c1-9(16)13(2,3)15-12(17)8-18-11-7-5-4-6-10(11)14/h4-7,9,16H,8H2,1-3H3,(H,15,17). The van der Waals surface area contributed by atoms with Gasteiger partial charge in [0.2, 0.25) is 5.91 Å². The lowest BCUT2D eigenvalue weighted by molar-refractivity contribution is -0.121. The summed E-state index contributed by atoms with van der Waals surface area (Å²) in [7, 11) is 0. The van der Waals surface area contributed by atoms with Gasteiger partial charge in [-0.05, 0) is 32.9 Å². The molecule has 0 aliphatic heterocycles. The second kappa shape index (κ2) is 6.20. The molecule has 1 aromatic rings. The Bertz CT molecular complexity index is 421. The Balaban J connectivity index is 2.50. The van der Waals surface area contributed by atoms with E-state index in [1.165, 1.54) is 6.07 Å². The summed E-state index contributed by atoms with van der Waals surface area (Å²) in [6, 6.07) is 6.33. The van der Waals surface area contributed by atoms with Gasteiger partial charge in [0.05, 0.1) is 17.4 Å². The summed E-state index contributed by atoms with van der Waals surface area (Å²) < 4.78 is 13.3. The molecule has 0 heterocycles. The number of benzene rings is 1. The Labute approximate surface area is 111 Å². The van der Waals surface area contributed by atoms with Crippen LogP contribution in [0.3, 0.4) is 0 Å². The summed E-state index contributed by atoms with van der Waals surface area (Å²) in [6.45, 7) is 5.09. The van der Waals surface area contributed by atoms with Gasteiger partial charge >= 0.3 is 0 Å². The van der Waals surface area contributed by atoms with Crippen LogP contribution in [0.2, 0.25) is 0 Å². The number of hydrogen-bond donors (Lipinski definition) is 2. The number of amides is 1. The fourth-order valence-corrected chi connectivity index (χ4v) is 1.94. The van der Waals surface area contributed by atoms with Crippen molar-refractivity contribution in [3.05, 3.63) is 30.1 Å². The molecule has 1 atom stereocenters. The van der Waals surface area contributed by atoms with Crippen molar-refractivity contribution in [2.24, 2.45) is 0 Å². The molecular formula is C13H18FNO2S. The van der Waals surface area contributed by atoms with E-state index >= 15 is 0 Å². The predicted octanol–water partition coefficient (Wildman–Crippen LogP) is 2.19. The van der Waals surface area contributed by atoms with Gasteiger partial charge in [0.1, 0.15) is 5.82 Å². The van der Waals surface area contributed by atoms with E-state index in [0.29, 0.717) is 4.90 Å². The SMILES string of the molecule is CC(O)C(C)(C)NC(=O)CSc1ccccc1F. The van der Waals surface area contributed by atoms with E-state index in [1.807, 2.05) is 0 Å². The molecule has 100 valence electrons. The summed E-state index contributed by atoms with van der Waals surface area (Å²) in [5.74, 6) is -0.434. The summed E-state index contributed by atoms with van der Waals surface area (Å²) >= 11 is 1.14. The minimum atomic E-state index is -0.688. The van der Waals surface area contributed by atoms with Crippen molar-refractivity contribution in [3.63, 3.8) is 0 Å². The van der Waals surface area contributed by atoms with E-state index in [2.05, 4.69) is 5.32 Å². The molecule has 0 aromatic heterocycles. The second-order valence-corrected chi connectivity index (χ2v) is 5.68. The molecule has 0 bridgehead atoms. The Kier molecular flexibility index (Phi) is 5.16. The van der Waals surface area contributed by atoms with Crippen LogP contribution in [0.15, 0.2) is 29.2 Å². The molecule has 5 heteroatoms. The number of hydrogen-bond acceptors (Lipinski definition) is 3. The lowest BCUT2D eigenvalue weighted by Crippen LogP contribution is -2.51. The van der Waals surface area contributed by atoms with Crippen molar-refractivity contribution in [2.75, 3.05) is 5.75 Å². The quantitative estimate of drug-likeness (QED) is 0.807. The third kappa shape index (κ3) is 4.31. The van der Waals surface area contributed by atoms with Gasteiger partial charge in [-0.3, -0.25) is 4.79 Å². The Hall–Kier alpha value is -1.07. The molecule has 1 amide bonds. The highest BCUT2D eigenvalue weighted by molar-refractivity contribution is 8.00. The maximum Gasteiger partial charge on any atom is 0.230 e. The largest absolute Gasteiger partial charge is 0.391 e. The number of aliphatic hydroxyl groups excluding tert-OH is 1. The zero-order chi connectivity index (χ0) is 13.8. The van der Waals surface area contributed by atoms with Crippen LogP contribution in [0.1, 0.15) is 20.8 Å². The summed E-state index contributed by atoms with van der Waals surface area (Å²) in [4.78, 5) is 12.1. The maximum absolute atomic E-state index is 13.3. The van der Waals surface area contributed by atoms with Gasteiger partial charge in [0, 0.05) is 4.90 Å². The molecule has 1 rings (SSSR count). The third-order valence-electron chi connectivity index (χ3n) is 2.70. The molecule has 2 N–H and O–H groups in total. The molecule has 3 nitrogen and oxygen atoms in total. The van der Waals surface area contributed by atoms with E-state index in [-0.39, 0.29) is 17.5 Å². The molecule has 0 aliphatic carbocycles. The first-order valence-electron chi connectivity index (χ1n) is 5.69. The van der Waals surface area contributed by atoms with Gasteiger partial charge in [0.25, 0.3) is 0 Å². The summed E-state index contributed by atoms with van der Waals surface area (Å²) in [6.07, 6.45) is -0.653. The normalized spacial score (nSPS) is 13.2. The number of carbonyl (C=O) groups is 1. The van der Waals surface area contributed by atoms with Gasteiger partial charge in [0.15, 0.2) is 0 Å². The molecule has 18 heavy (non-hydrogen) atoms. The van der Waals surface area contributed by atoms with Crippen LogP contribution in [0.4, 0.5) is 4.39 Å². The van der Waals surface area contributed by atoms with Crippen molar-refractivity contribution < 1.29 is 14.3 Å². The summed E-state index contributed by atoms with van der Waals surface area (Å²) in [5, 5.41) is 12.2. The number of halogens is 1. The lowest BCUT2D eigenvalue weighted by Gasteiger charge is -2.29. The molecular weight excluding hydrogens is 253 g/mol. The average Bonchev–Trinajstić information content (AvgIpc) is 2.27. The second-order valence-electron chi connectivity index (χ2n) is 4.66. The molecule has 0 saturated carbocycles. The summed E-state index contributed by atoms with van der Waals surface area (Å²) in [5.41, 5.74) is -0.688. The van der Waals surface area contributed by atoms with E-state index < -0.39 is 11.6 Å². The van der Waals surface area contributed by atoms with Crippen LogP contribution in [0.5, 0.6) is 0 Å². The average molecular weight is 271 g/mol. The number of thioether (sulfide) groups is 1. The fourth-order valence-electron chi connectivity index (χ4n) is 1.20.